The Bertz CT molecular complexity index is 630. The molecule has 1 aliphatic carbocycles. The van der Waals surface area contributed by atoms with Crippen LogP contribution in [0.3, 0.4) is 0 Å². The minimum Gasteiger partial charge on any atom is -0.342 e. The molecule has 0 aromatic carbocycles. The summed E-state index contributed by atoms with van der Waals surface area (Å²) in [5.41, 5.74) is 0. The van der Waals surface area contributed by atoms with Gasteiger partial charge in [0.15, 0.2) is 0 Å². The monoisotopic (exact) mass is 395 g/mol. The summed E-state index contributed by atoms with van der Waals surface area (Å²) in [6, 6.07) is 0. The van der Waals surface area contributed by atoms with E-state index in [1.165, 1.54) is 12.8 Å². The van der Waals surface area contributed by atoms with E-state index >= 15 is 0 Å². The molecule has 0 unspecified atom stereocenters. The van der Waals surface area contributed by atoms with Gasteiger partial charge in [-0.3, -0.25) is 4.79 Å². The number of hydrogen-bond acceptors (Lipinski definition) is 4. The molecule has 152 valence electrons. The lowest BCUT2D eigenvalue weighted by Gasteiger charge is -2.37. The first-order chi connectivity index (χ1) is 12.6. The zero-order chi connectivity index (χ0) is 18.1. The van der Waals surface area contributed by atoms with Crippen LogP contribution in [0.25, 0.3) is 0 Å². The third-order valence-corrected chi connectivity index (χ3v) is 6.89. The fourth-order valence-corrected chi connectivity index (χ4v) is 5.07. The highest BCUT2D eigenvalue weighted by atomic mass is 35.5. The zero-order valence-corrected chi connectivity index (χ0v) is 17.5. The predicted molar refractivity (Wildman–Crippen MR) is 108 cm³/mol. The first kappa shape index (κ1) is 20.6. The Morgan fingerprint density at radius 3 is 2.41 bits per heavy atom. The van der Waals surface area contributed by atoms with Crippen molar-refractivity contribution in [1.82, 2.24) is 25.0 Å². The van der Waals surface area contributed by atoms with Crippen LogP contribution in [0, 0.1) is 17.8 Å². The highest BCUT2D eigenvalue weighted by Gasteiger charge is 2.33. The first-order valence-electron chi connectivity index (χ1n) is 10.5. The average Bonchev–Trinajstić information content (AvgIpc) is 3.12. The number of amides is 1. The second kappa shape index (κ2) is 8.91. The van der Waals surface area contributed by atoms with Crippen molar-refractivity contribution in [2.75, 3.05) is 19.6 Å². The molecule has 1 aromatic heterocycles. The van der Waals surface area contributed by atoms with Crippen molar-refractivity contribution in [3.63, 3.8) is 0 Å². The molecule has 27 heavy (non-hydrogen) atoms. The second-order valence-corrected chi connectivity index (χ2v) is 8.76. The van der Waals surface area contributed by atoms with Crippen LogP contribution in [-0.4, -0.2) is 45.2 Å². The molecule has 0 radical (unpaired) electrons. The van der Waals surface area contributed by atoms with Gasteiger partial charge in [0, 0.05) is 38.0 Å². The average molecular weight is 396 g/mol. The van der Waals surface area contributed by atoms with Gasteiger partial charge in [-0.15, -0.1) is 22.6 Å². The van der Waals surface area contributed by atoms with Gasteiger partial charge in [0.2, 0.25) is 5.91 Å². The number of hydrogen-bond donors (Lipinski definition) is 1. The molecule has 2 aliphatic heterocycles. The smallest absolute Gasteiger partial charge is 0.225 e. The molecule has 0 spiro atoms. The van der Waals surface area contributed by atoms with Crippen molar-refractivity contribution in [3.05, 3.63) is 11.6 Å². The molecular formula is C20H34ClN5O. The Labute approximate surface area is 168 Å². The minimum atomic E-state index is 0. The van der Waals surface area contributed by atoms with Crippen molar-refractivity contribution in [3.8, 4) is 0 Å². The van der Waals surface area contributed by atoms with E-state index in [1.807, 2.05) is 0 Å². The minimum absolute atomic E-state index is 0. The van der Waals surface area contributed by atoms with Gasteiger partial charge in [0.05, 0.1) is 6.54 Å². The molecule has 2 fully saturated rings. The van der Waals surface area contributed by atoms with Gasteiger partial charge in [-0.1, -0.05) is 13.8 Å². The molecule has 4 rings (SSSR count). The number of aromatic nitrogens is 3. The molecule has 1 N–H and O–H groups in total. The lowest BCUT2D eigenvalue weighted by molar-refractivity contribution is -0.138. The van der Waals surface area contributed by atoms with Crippen LogP contribution in [0.2, 0.25) is 0 Å². The van der Waals surface area contributed by atoms with Crippen LogP contribution in [0.4, 0.5) is 0 Å². The molecule has 1 aromatic rings. The van der Waals surface area contributed by atoms with E-state index in [0.29, 0.717) is 11.8 Å². The third-order valence-electron chi connectivity index (χ3n) is 6.89. The highest BCUT2D eigenvalue weighted by Crippen LogP contribution is 2.35. The van der Waals surface area contributed by atoms with Gasteiger partial charge >= 0.3 is 0 Å². The number of fused-ring (bicyclic) bond motifs is 1. The van der Waals surface area contributed by atoms with Crippen molar-refractivity contribution in [1.29, 1.82) is 0 Å². The number of carbonyl (C=O) groups excluding carboxylic acids is 1. The molecule has 1 saturated carbocycles. The number of carbonyl (C=O) groups is 1. The van der Waals surface area contributed by atoms with Gasteiger partial charge in [-0.2, -0.15) is 0 Å². The van der Waals surface area contributed by atoms with Gasteiger partial charge in [0.1, 0.15) is 11.6 Å². The number of nitrogens with zero attached hydrogens (tertiary/aromatic N) is 4. The van der Waals surface area contributed by atoms with E-state index in [9.17, 15) is 4.79 Å². The van der Waals surface area contributed by atoms with Crippen LogP contribution in [0.5, 0.6) is 0 Å². The summed E-state index contributed by atoms with van der Waals surface area (Å²) in [4.78, 5) is 15.1. The molecule has 1 amide bonds. The molecular weight excluding hydrogens is 362 g/mol. The Morgan fingerprint density at radius 2 is 1.74 bits per heavy atom. The summed E-state index contributed by atoms with van der Waals surface area (Å²) in [6.45, 7) is 9.18. The van der Waals surface area contributed by atoms with E-state index in [-0.39, 0.29) is 18.3 Å². The first-order valence-corrected chi connectivity index (χ1v) is 10.5. The Kier molecular flexibility index (Phi) is 6.79. The summed E-state index contributed by atoms with van der Waals surface area (Å²) < 4.78 is 2.30. The van der Waals surface area contributed by atoms with Crippen molar-refractivity contribution >= 4 is 18.3 Å². The Balaban J connectivity index is 0.00000210. The van der Waals surface area contributed by atoms with Crippen LogP contribution in [-0.2, 0) is 17.9 Å². The molecule has 1 saturated heterocycles. The molecule has 0 bridgehead atoms. The zero-order valence-electron chi connectivity index (χ0n) is 16.7. The van der Waals surface area contributed by atoms with Gasteiger partial charge < -0.3 is 14.8 Å². The maximum Gasteiger partial charge on any atom is 0.225 e. The quantitative estimate of drug-likeness (QED) is 0.854. The van der Waals surface area contributed by atoms with E-state index in [1.54, 1.807) is 0 Å². The maximum atomic E-state index is 12.9. The van der Waals surface area contributed by atoms with Crippen LogP contribution in [0.15, 0.2) is 0 Å². The third kappa shape index (κ3) is 4.32. The molecule has 3 heterocycles. The fourth-order valence-electron chi connectivity index (χ4n) is 5.07. The fraction of sp³-hybridized carbons (Fsp3) is 0.850. The summed E-state index contributed by atoms with van der Waals surface area (Å²) in [7, 11) is 0. The predicted octanol–water partition coefficient (Wildman–Crippen LogP) is 2.97. The second-order valence-electron chi connectivity index (χ2n) is 8.76. The summed E-state index contributed by atoms with van der Waals surface area (Å²) in [5.74, 6) is 4.92. The maximum absolute atomic E-state index is 12.9. The molecule has 3 aliphatic rings. The van der Waals surface area contributed by atoms with Gasteiger partial charge in [-0.25, -0.2) is 0 Å². The van der Waals surface area contributed by atoms with Crippen molar-refractivity contribution in [2.45, 2.75) is 71.4 Å². The van der Waals surface area contributed by atoms with E-state index in [4.69, 9.17) is 0 Å². The molecule has 0 atom stereocenters. The van der Waals surface area contributed by atoms with E-state index in [2.05, 4.69) is 38.8 Å². The Morgan fingerprint density at radius 1 is 1.04 bits per heavy atom. The number of likely N-dealkylation sites (tertiary alicyclic amines) is 1. The standard InChI is InChI=1S/C20H33N5O.ClH/c1-14(2)15-3-5-17(6-4-15)20(26)24-10-7-16(8-11-24)19-23-22-18-13-21-9-12-25(18)19;/h14-17,21H,3-13H2,1-2H3;1H. The Hall–Kier alpha value is -1.14. The molecule has 7 heteroatoms. The summed E-state index contributed by atoms with van der Waals surface area (Å²) >= 11 is 0. The molecule has 6 nitrogen and oxygen atoms in total. The van der Waals surface area contributed by atoms with Crippen molar-refractivity contribution in [2.24, 2.45) is 17.8 Å². The van der Waals surface area contributed by atoms with E-state index < -0.39 is 0 Å². The summed E-state index contributed by atoms with van der Waals surface area (Å²) in [6.07, 6.45) is 6.69. The number of rotatable bonds is 3. The van der Waals surface area contributed by atoms with Crippen molar-refractivity contribution < 1.29 is 4.79 Å². The normalized spacial score (nSPS) is 26.6. The SMILES string of the molecule is CC(C)C1CCC(C(=O)N2CCC(c3nnc4n3CCNC4)CC2)CC1.Cl. The van der Waals surface area contributed by atoms with Gasteiger partial charge in [-0.05, 0) is 50.4 Å². The highest BCUT2D eigenvalue weighted by molar-refractivity contribution is 5.85. The largest absolute Gasteiger partial charge is 0.342 e. The number of piperidine rings is 1. The lowest BCUT2D eigenvalue weighted by atomic mass is 9.76. The van der Waals surface area contributed by atoms with Gasteiger partial charge in [0.25, 0.3) is 0 Å². The van der Waals surface area contributed by atoms with Crippen LogP contribution >= 0.6 is 12.4 Å². The topological polar surface area (TPSA) is 63.1 Å². The van der Waals surface area contributed by atoms with E-state index in [0.717, 1.165) is 81.9 Å². The number of halogens is 1. The summed E-state index contributed by atoms with van der Waals surface area (Å²) in [5, 5.41) is 12.2. The van der Waals surface area contributed by atoms with Crippen LogP contribution in [0.1, 0.15) is 69.9 Å². The number of nitrogens with one attached hydrogen (secondary N) is 1. The van der Waals surface area contributed by atoms with Crippen LogP contribution < -0.4 is 5.32 Å². The lowest BCUT2D eigenvalue weighted by Crippen LogP contribution is -2.43.